The van der Waals surface area contributed by atoms with Gasteiger partial charge in [0, 0.05) is 10.9 Å². The first-order valence-electron chi connectivity index (χ1n) is 5.64. The van der Waals surface area contributed by atoms with E-state index in [0.717, 1.165) is 0 Å². The Balaban J connectivity index is 2.11. The molecule has 2 aromatic heterocycles. The molecule has 6 nitrogen and oxygen atoms in total. The van der Waals surface area contributed by atoms with Crippen LogP contribution in [-0.2, 0) is 11.3 Å². The summed E-state index contributed by atoms with van der Waals surface area (Å²) in [6.45, 7) is 0.0188. The summed E-state index contributed by atoms with van der Waals surface area (Å²) in [5.74, 6) is -1.93. The zero-order valence-corrected chi connectivity index (χ0v) is 11.5. The highest BCUT2D eigenvalue weighted by atomic mass is 32.1. The molecule has 0 aliphatic heterocycles. The number of aliphatic carboxylic acids is 1. The number of nitrogens with zero attached hydrogens (tertiary/aromatic N) is 2. The van der Waals surface area contributed by atoms with Crippen LogP contribution in [0.1, 0.15) is 12.8 Å². The number of alkyl halides is 3. The molecule has 2 heterocycles. The lowest BCUT2D eigenvalue weighted by atomic mass is 10.0. The minimum atomic E-state index is -4.96. The fraction of sp³-hybridized carbons (Fsp3) is 0.364. The van der Waals surface area contributed by atoms with E-state index >= 15 is 0 Å². The van der Waals surface area contributed by atoms with Gasteiger partial charge in [0.2, 0.25) is 17.3 Å². The molecule has 2 rings (SSSR count). The molecule has 0 aliphatic rings. The minimum Gasteiger partial charge on any atom is -0.480 e. The van der Waals surface area contributed by atoms with Gasteiger partial charge in [-0.2, -0.15) is 29.5 Å². The monoisotopic (exact) mass is 321 g/mol. The first-order chi connectivity index (χ1) is 9.74. The predicted octanol–water partition coefficient (Wildman–Crippen LogP) is 2.29. The SMILES string of the molecule is CC(NCc1nc(-c2ccsc2)no1)(C(=O)O)C(F)(F)F. The fourth-order valence-corrected chi connectivity index (χ4v) is 2.02. The summed E-state index contributed by atoms with van der Waals surface area (Å²) in [5, 5.41) is 17.8. The van der Waals surface area contributed by atoms with Crippen LogP contribution in [0.5, 0.6) is 0 Å². The molecule has 0 aromatic carbocycles. The predicted molar refractivity (Wildman–Crippen MR) is 66.5 cm³/mol. The van der Waals surface area contributed by atoms with Crippen LogP contribution in [0.15, 0.2) is 21.3 Å². The lowest BCUT2D eigenvalue weighted by Crippen LogP contribution is -2.59. The van der Waals surface area contributed by atoms with Gasteiger partial charge in [-0.25, -0.2) is 4.79 Å². The summed E-state index contributed by atoms with van der Waals surface area (Å²) < 4.78 is 43.1. The molecule has 0 bridgehead atoms. The van der Waals surface area contributed by atoms with Crippen molar-refractivity contribution >= 4 is 17.3 Å². The molecule has 0 saturated carbocycles. The van der Waals surface area contributed by atoms with Crippen LogP contribution in [-0.4, -0.2) is 32.9 Å². The molecule has 0 aliphatic carbocycles. The molecule has 2 aromatic rings. The van der Waals surface area contributed by atoms with Crippen molar-refractivity contribution in [3.63, 3.8) is 0 Å². The number of carbonyl (C=O) groups is 1. The zero-order valence-electron chi connectivity index (χ0n) is 10.6. The Morgan fingerprint density at radius 1 is 1.52 bits per heavy atom. The average molecular weight is 321 g/mol. The highest BCUT2D eigenvalue weighted by Gasteiger charge is 2.57. The maximum absolute atomic E-state index is 12.8. The summed E-state index contributed by atoms with van der Waals surface area (Å²) in [7, 11) is 0. The molecule has 0 saturated heterocycles. The van der Waals surface area contributed by atoms with Gasteiger partial charge in [-0.15, -0.1) is 0 Å². The van der Waals surface area contributed by atoms with E-state index in [-0.39, 0.29) is 11.7 Å². The second kappa shape index (κ2) is 5.45. The van der Waals surface area contributed by atoms with Crippen LogP contribution in [0, 0.1) is 0 Å². The molecule has 0 fully saturated rings. The number of rotatable bonds is 5. The van der Waals surface area contributed by atoms with E-state index in [2.05, 4.69) is 10.1 Å². The Morgan fingerprint density at radius 3 is 2.76 bits per heavy atom. The molecule has 0 radical (unpaired) electrons. The molecular formula is C11H10F3N3O3S. The summed E-state index contributed by atoms with van der Waals surface area (Å²) in [4.78, 5) is 14.7. The Hall–Kier alpha value is -1.94. The van der Waals surface area contributed by atoms with Crippen LogP contribution in [0.3, 0.4) is 0 Å². The third-order valence-corrected chi connectivity index (χ3v) is 3.52. The number of nitrogens with one attached hydrogen (secondary N) is 1. The number of thiophene rings is 1. The normalized spacial score (nSPS) is 14.9. The van der Waals surface area contributed by atoms with Crippen molar-refractivity contribution in [1.29, 1.82) is 0 Å². The van der Waals surface area contributed by atoms with Crippen LogP contribution in [0.25, 0.3) is 11.4 Å². The van der Waals surface area contributed by atoms with E-state index in [0.29, 0.717) is 12.5 Å². The van der Waals surface area contributed by atoms with Gasteiger partial charge in [0.05, 0.1) is 6.54 Å². The third-order valence-electron chi connectivity index (χ3n) is 2.84. The van der Waals surface area contributed by atoms with Crippen molar-refractivity contribution in [3.05, 3.63) is 22.7 Å². The zero-order chi connectivity index (χ0) is 15.7. The number of carboxylic acid groups (broad SMARTS) is 1. The number of carboxylic acids is 1. The number of halogens is 3. The molecule has 114 valence electrons. The van der Waals surface area contributed by atoms with Crippen LogP contribution < -0.4 is 5.32 Å². The molecule has 1 unspecified atom stereocenters. The number of hydrogen-bond donors (Lipinski definition) is 2. The van der Waals surface area contributed by atoms with Crippen molar-refractivity contribution < 1.29 is 27.6 Å². The smallest absolute Gasteiger partial charge is 0.417 e. The molecule has 0 spiro atoms. The van der Waals surface area contributed by atoms with E-state index in [4.69, 9.17) is 9.63 Å². The van der Waals surface area contributed by atoms with Gasteiger partial charge >= 0.3 is 12.1 Å². The van der Waals surface area contributed by atoms with Gasteiger partial charge in [-0.3, -0.25) is 5.32 Å². The van der Waals surface area contributed by atoms with E-state index in [9.17, 15) is 18.0 Å². The summed E-state index contributed by atoms with van der Waals surface area (Å²) in [6, 6.07) is 1.73. The topological polar surface area (TPSA) is 88.3 Å². The van der Waals surface area contributed by atoms with Gasteiger partial charge < -0.3 is 9.63 Å². The fourth-order valence-electron chi connectivity index (χ4n) is 1.39. The lowest BCUT2D eigenvalue weighted by molar-refractivity contribution is -0.206. The van der Waals surface area contributed by atoms with Crippen molar-refractivity contribution in [2.24, 2.45) is 0 Å². The van der Waals surface area contributed by atoms with Gasteiger partial charge in [-0.05, 0) is 18.4 Å². The average Bonchev–Trinajstić information content (AvgIpc) is 3.04. The van der Waals surface area contributed by atoms with E-state index in [1.54, 1.807) is 16.8 Å². The molecule has 1 atom stereocenters. The Labute approximate surface area is 120 Å². The Bertz CT molecular complexity index is 626. The lowest BCUT2D eigenvalue weighted by Gasteiger charge is -2.27. The van der Waals surface area contributed by atoms with Gasteiger partial charge in [0.1, 0.15) is 0 Å². The Kier molecular flexibility index (Phi) is 4.01. The van der Waals surface area contributed by atoms with E-state index in [1.165, 1.54) is 11.3 Å². The van der Waals surface area contributed by atoms with Gasteiger partial charge in [0.15, 0.2) is 0 Å². The van der Waals surface area contributed by atoms with Crippen LogP contribution in [0.4, 0.5) is 13.2 Å². The Morgan fingerprint density at radius 2 is 2.24 bits per heavy atom. The number of aromatic nitrogens is 2. The molecule has 2 N–H and O–H groups in total. The third kappa shape index (κ3) is 3.05. The van der Waals surface area contributed by atoms with Crippen LogP contribution >= 0.6 is 11.3 Å². The summed E-state index contributed by atoms with van der Waals surface area (Å²) in [5.41, 5.74) is -2.42. The quantitative estimate of drug-likeness (QED) is 0.878. The van der Waals surface area contributed by atoms with Crippen molar-refractivity contribution in [1.82, 2.24) is 15.5 Å². The van der Waals surface area contributed by atoms with E-state index < -0.39 is 24.2 Å². The van der Waals surface area contributed by atoms with Gasteiger partial charge in [0.25, 0.3) is 0 Å². The highest BCUT2D eigenvalue weighted by Crippen LogP contribution is 2.30. The maximum atomic E-state index is 12.8. The van der Waals surface area contributed by atoms with Crippen LogP contribution in [0.2, 0.25) is 0 Å². The molecule has 10 heteroatoms. The maximum Gasteiger partial charge on any atom is 0.417 e. The molecule has 0 amide bonds. The second-order valence-electron chi connectivity index (χ2n) is 4.31. The first-order valence-corrected chi connectivity index (χ1v) is 6.58. The van der Waals surface area contributed by atoms with E-state index in [1.807, 2.05) is 5.32 Å². The molecule has 21 heavy (non-hydrogen) atoms. The summed E-state index contributed by atoms with van der Waals surface area (Å²) >= 11 is 1.40. The summed E-state index contributed by atoms with van der Waals surface area (Å²) in [6.07, 6.45) is -4.96. The standard InChI is InChI=1S/C11H10F3N3O3S/c1-10(9(18)19,11(12,13)14)15-4-7-16-8(17-20-7)6-2-3-21-5-6/h2-3,5,15H,4H2,1H3,(H,18,19). The first kappa shape index (κ1) is 15.4. The number of hydrogen-bond acceptors (Lipinski definition) is 6. The minimum absolute atomic E-state index is 0.132. The molecular weight excluding hydrogens is 311 g/mol. The largest absolute Gasteiger partial charge is 0.480 e. The highest BCUT2D eigenvalue weighted by molar-refractivity contribution is 7.08. The second-order valence-corrected chi connectivity index (χ2v) is 5.09. The van der Waals surface area contributed by atoms with Crippen molar-refractivity contribution in [2.45, 2.75) is 25.2 Å². The van der Waals surface area contributed by atoms with Crippen molar-refractivity contribution in [2.75, 3.05) is 0 Å². The van der Waals surface area contributed by atoms with Gasteiger partial charge in [-0.1, -0.05) is 5.16 Å². The van der Waals surface area contributed by atoms with Crippen molar-refractivity contribution in [3.8, 4) is 11.4 Å².